The summed E-state index contributed by atoms with van der Waals surface area (Å²) in [7, 11) is 1.88. The molecule has 2 aliphatic rings. The van der Waals surface area contributed by atoms with E-state index in [0.29, 0.717) is 11.1 Å². The van der Waals surface area contributed by atoms with Gasteiger partial charge in [0.25, 0.3) is 0 Å². The number of primary amides is 1. The van der Waals surface area contributed by atoms with Gasteiger partial charge < -0.3 is 106 Å². The molecule has 14 amide bonds. The van der Waals surface area contributed by atoms with Gasteiger partial charge in [0, 0.05) is 60.3 Å². The summed E-state index contributed by atoms with van der Waals surface area (Å²) in [4.78, 5) is 219. The fraction of sp³-hybridized carbons (Fsp3) is 0.556. The molecular weight excluding hydrogens is 1500 g/mol. The van der Waals surface area contributed by atoms with Crippen LogP contribution < -0.4 is 75.3 Å². The number of nitrogens with zero attached hydrogens (tertiary/aromatic N) is 1. The number of hydrogen-bond acceptors (Lipinski definition) is 26. The van der Waals surface area contributed by atoms with E-state index < -0.39 is 205 Å². The number of aliphatic carboxylic acids is 2. The molecule has 2 heterocycles. The first-order chi connectivity index (χ1) is 49.7. The van der Waals surface area contributed by atoms with Crippen LogP contribution in [0.1, 0.15) is 57.1 Å². The SMILES string of the molecule is CSC[C@H](NC(=O)CNC(=O)[C@@H](NC(=O)[C@H](CSC)NC(=O)[C@H](C)NC(=O)[C@@H]1CCCN1C(=O)[C@H](CC(N)=O)NC(=O)[C@@H]1CSSC[C@H](N)C(=O)N[C@@H](CSC)C(=O)N[C@@H](CCC(=O)O)C(=O)N[C@@H](Cc2ccc(O)cc2)C(=O)N[C@@H](CSC)C(=O)N1)[C@@H](C)O)C(=O)N[C@@H](Cc1ccc(O)cc1)C(=O)O. The van der Waals surface area contributed by atoms with Gasteiger partial charge in [-0.25, -0.2) is 4.79 Å². The van der Waals surface area contributed by atoms with Gasteiger partial charge in [0.2, 0.25) is 82.7 Å². The minimum atomic E-state index is -1.80. The molecular formula is C63H91N15O21S6. The molecule has 105 heavy (non-hydrogen) atoms. The molecule has 0 radical (unpaired) electrons. The van der Waals surface area contributed by atoms with Crippen LogP contribution in [0.3, 0.4) is 0 Å². The van der Waals surface area contributed by atoms with Gasteiger partial charge in [-0.05, 0) is 93.5 Å². The number of aliphatic hydroxyl groups is 1. The van der Waals surface area contributed by atoms with Crippen LogP contribution in [-0.2, 0) is 89.6 Å². The molecule has 0 unspecified atom stereocenters. The Hall–Kier alpha value is -8.42. The molecule has 580 valence electrons. The number of hydrogen-bond donors (Lipinski definition) is 19. The maximum absolute atomic E-state index is 14.6. The number of likely N-dealkylation sites (tertiary alicyclic amines) is 1. The largest absolute Gasteiger partial charge is 0.508 e. The molecule has 2 fully saturated rings. The number of nitrogens with two attached hydrogens (primary N) is 2. The third-order valence-electron chi connectivity index (χ3n) is 15.8. The molecule has 0 aliphatic carbocycles. The van der Waals surface area contributed by atoms with Gasteiger partial charge in [0.05, 0.1) is 25.1 Å². The van der Waals surface area contributed by atoms with Crippen molar-refractivity contribution in [3.8, 4) is 11.5 Å². The van der Waals surface area contributed by atoms with Gasteiger partial charge in [-0.3, -0.25) is 71.9 Å². The molecule has 0 saturated carbocycles. The first kappa shape index (κ1) is 89.0. The van der Waals surface area contributed by atoms with Crippen molar-refractivity contribution in [1.82, 2.24) is 68.7 Å². The molecule has 14 atom stereocenters. The number of carbonyl (C=O) groups excluding carboxylic acids is 14. The molecule has 2 aromatic carbocycles. The quantitative estimate of drug-likeness (QED) is 0.0291. The predicted octanol–water partition coefficient (Wildman–Crippen LogP) is -5.28. The molecule has 2 aliphatic heterocycles. The van der Waals surface area contributed by atoms with Crippen molar-refractivity contribution in [1.29, 1.82) is 0 Å². The van der Waals surface area contributed by atoms with Crippen molar-refractivity contribution < 1.29 is 102 Å². The van der Waals surface area contributed by atoms with E-state index in [0.717, 1.165) is 80.5 Å². The van der Waals surface area contributed by atoms with Crippen LogP contribution in [0.15, 0.2) is 48.5 Å². The number of thioether (sulfide) groups is 4. The van der Waals surface area contributed by atoms with E-state index in [1.54, 1.807) is 25.0 Å². The van der Waals surface area contributed by atoms with Gasteiger partial charge in [-0.1, -0.05) is 45.9 Å². The van der Waals surface area contributed by atoms with Gasteiger partial charge in [0.15, 0.2) is 0 Å². The Balaban J connectivity index is 1.50. The molecule has 2 saturated heterocycles. The van der Waals surface area contributed by atoms with Gasteiger partial charge >= 0.3 is 11.9 Å². The fourth-order valence-electron chi connectivity index (χ4n) is 10.2. The number of rotatable bonds is 34. The number of carboxylic acids is 2. The van der Waals surface area contributed by atoms with E-state index in [9.17, 15) is 102 Å². The maximum atomic E-state index is 14.6. The molecule has 4 rings (SSSR count). The van der Waals surface area contributed by atoms with Crippen molar-refractivity contribution in [2.45, 2.75) is 143 Å². The minimum Gasteiger partial charge on any atom is -0.508 e. The van der Waals surface area contributed by atoms with Crippen molar-refractivity contribution in [2.75, 3.05) is 72.6 Å². The third kappa shape index (κ3) is 30.2. The Morgan fingerprint density at radius 2 is 1.10 bits per heavy atom. The number of phenols is 2. The number of aromatic hydroxyl groups is 2. The Labute approximate surface area is 629 Å². The molecule has 0 bridgehead atoms. The van der Waals surface area contributed by atoms with Crippen LogP contribution in [0.4, 0.5) is 0 Å². The number of benzene rings is 2. The van der Waals surface area contributed by atoms with Crippen molar-refractivity contribution in [3.05, 3.63) is 59.7 Å². The minimum absolute atomic E-state index is 0.000517. The lowest BCUT2D eigenvalue weighted by Crippen LogP contribution is -2.62. The van der Waals surface area contributed by atoms with Crippen LogP contribution in [0.25, 0.3) is 0 Å². The van der Waals surface area contributed by atoms with Gasteiger partial charge in [-0.15, -0.1) is 0 Å². The van der Waals surface area contributed by atoms with Crippen LogP contribution in [0.5, 0.6) is 11.5 Å². The summed E-state index contributed by atoms with van der Waals surface area (Å²) in [6.07, 6.45) is 2.62. The highest BCUT2D eigenvalue weighted by molar-refractivity contribution is 8.76. The summed E-state index contributed by atoms with van der Waals surface area (Å²) in [5.74, 6) is -17.3. The van der Waals surface area contributed by atoms with E-state index in [4.69, 9.17) is 11.5 Å². The maximum Gasteiger partial charge on any atom is 0.326 e. The van der Waals surface area contributed by atoms with E-state index in [2.05, 4.69) is 63.8 Å². The number of carbonyl (C=O) groups is 16. The lowest BCUT2D eigenvalue weighted by molar-refractivity contribution is -0.143. The molecule has 42 heteroatoms. The average molecular weight is 1590 g/mol. The summed E-state index contributed by atoms with van der Waals surface area (Å²) < 4.78 is 0. The normalized spacial score (nSPS) is 21.2. The molecule has 2 aromatic rings. The Morgan fingerprint density at radius 3 is 1.67 bits per heavy atom. The monoisotopic (exact) mass is 1590 g/mol. The smallest absolute Gasteiger partial charge is 0.326 e. The van der Waals surface area contributed by atoms with Gasteiger partial charge in [-0.2, -0.15) is 47.0 Å². The van der Waals surface area contributed by atoms with Crippen molar-refractivity contribution >= 4 is 163 Å². The fourth-order valence-corrected chi connectivity index (χ4v) is 14.8. The summed E-state index contributed by atoms with van der Waals surface area (Å²) in [5.41, 5.74) is 12.8. The summed E-state index contributed by atoms with van der Waals surface area (Å²) >= 11 is 4.45. The van der Waals surface area contributed by atoms with E-state index in [1.165, 1.54) is 55.5 Å². The zero-order chi connectivity index (χ0) is 78.2. The van der Waals surface area contributed by atoms with Crippen LogP contribution in [-0.4, -0.2) is 282 Å². The molecule has 36 nitrogen and oxygen atoms in total. The Morgan fingerprint density at radius 1 is 0.590 bits per heavy atom. The summed E-state index contributed by atoms with van der Waals surface area (Å²) in [6, 6.07) is -8.21. The van der Waals surface area contributed by atoms with Crippen molar-refractivity contribution in [2.24, 2.45) is 11.5 Å². The number of carboxylic acid groups (broad SMARTS) is 2. The second-order valence-electron chi connectivity index (χ2n) is 24.2. The second-order valence-corrected chi connectivity index (χ2v) is 30.3. The van der Waals surface area contributed by atoms with E-state index in [1.807, 2.05) is 0 Å². The zero-order valence-corrected chi connectivity index (χ0v) is 63.0. The predicted molar refractivity (Wildman–Crippen MR) is 395 cm³/mol. The summed E-state index contributed by atoms with van der Waals surface area (Å²) in [6.45, 7) is 1.51. The average Bonchev–Trinajstić information content (AvgIpc) is 1.24. The Bertz CT molecular complexity index is 3410. The molecule has 21 N–H and O–H groups in total. The summed E-state index contributed by atoms with van der Waals surface area (Å²) in [5, 5.41) is 79.2. The lowest BCUT2D eigenvalue weighted by Gasteiger charge is -2.30. The topological polar surface area (TPSA) is 574 Å². The third-order valence-corrected chi connectivity index (χ3v) is 20.9. The van der Waals surface area contributed by atoms with E-state index >= 15 is 0 Å². The second kappa shape index (κ2) is 45.2. The lowest BCUT2D eigenvalue weighted by atomic mass is 10.0. The van der Waals surface area contributed by atoms with Crippen LogP contribution in [0, 0.1) is 0 Å². The first-order valence-electron chi connectivity index (χ1n) is 32.5. The first-order valence-corrected chi connectivity index (χ1v) is 40.6. The number of phenolic OH excluding ortho intramolecular Hbond substituents is 2. The molecule has 0 spiro atoms. The highest BCUT2D eigenvalue weighted by atomic mass is 33.1. The highest BCUT2D eigenvalue weighted by Gasteiger charge is 2.42. The van der Waals surface area contributed by atoms with Crippen LogP contribution >= 0.6 is 68.6 Å². The van der Waals surface area contributed by atoms with Crippen LogP contribution in [0.2, 0.25) is 0 Å². The number of aliphatic hydroxyl groups excluding tert-OH is 1. The Kier molecular flexibility index (Phi) is 38.3. The van der Waals surface area contributed by atoms with Crippen molar-refractivity contribution in [3.63, 3.8) is 0 Å². The zero-order valence-electron chi connectivity index (χ0n) is 58.1. The molecule has 0 aromatic heterocycles. The number of amides is 14. The number of nitrogens with one attached hydrogen (secondary N) is 12. The standard InChI is InChI=1S/C63H91N15O21S6/c1-30(51(86)73-44(28-103-6)59(94)77-50(31(2)79)61(96)66-23-48(83)68-41(25-100-3)55(90)72-40(63(98)99)21-33-11-15-35(81)16-12-33)67-60(95)46-8-7-19-78(46)62(97)39(22-47(65)82)71-58(93)45-29-105-104-24-36(64)52(87)74-42(26-101-4)56(91)69-37(17-18-49(84)85)53(88)70-38(20-32-9-13-34(80)14-10-32)54(89)75-43(27-102-5)57(92)76-45/h9-16,30-31,36-46,50,79-81H,7-8,17-29,64H2,1-6H3,(H2,65,82)(H,66,96)(H,67,95)(H,68,83)(H,69,91)(H,70,88)(H,71,93)(H,72,90)(H,73,86)(H,74,87)(H,75,89)(H,76,92)(H,77,94)(H,84,85)(H,98,99)/t30-,31+,36-,37-,38-,39-,40-,41-,42-,43-,44-,45-,46-,50-/m0/s1. The van der Waals surface area contributed by atoms with Gasteiger partial charge in [0.1, 0.15) is 84.0 Å². The van der Waals surface area contributed by atoms with E-state index in [-0.39, 0.29) is 78.2 Å². The highest BCUT2D eigenvalue weighted by Crippen LogP contribution is 2.25.